The fourth-order valence-electron chi connectivity index (χ4n) is 3.33. The number of rotatable bonds is 4. The minimum atomic E-state index is 0.0187. The van der Waals surface area contributed by atoms with Gasteiger partial charge in [-0.15, -0.1) is 0 Å². The third-order valence-corrected chi connectivity index (χ3v) is 5.12. The zero-order valence-corrected chi connectivity index (χ0v) is 15.6. The van der Waals surface area contributed by atoms with Crippen LogP contribution in [0.2, 0.25) is 0 Å². The molecule has 0 aliphatic carbocycles. The van der Waals surface area contributed by atoms with Crippen LogP contribution in [0.15, 0.2) is 18.2 Å². The second-order valence-electron chi connectivity index (χ2n) is 6.29. The van der Waals surface area contributed by atoms with E-state index >= 15 is 0 Å². The maximum atomic E-state index is 12.6. The van der Waals surface area contributed by atoms with Crippen molar-refractivity contribution in [2.24, 2.45) is 5.92 Å². The molecule has 136 valence electrons. The Morgan fingerprint density at radius 3 is 2.84 bits per heavy atom. The molecule has 0 bridgehead atoms. The molecule has 7 heteroatoms. The summed E-state index contributed by atoms with van der Waals surface area (Å²) in [4.78, 5) is 16.6. The summed E-state index contributed by atoms with van der Waals surface area (Å²) in [5, 5.41) is 3.90. The molecule has 25 heavy (non-hydrogen) atoms. The van der Waals surface area contributed by atoms with Gasteiger partial charge in [0.05, 0.1) is 5.92 Å². The van der Waals surface area contributed by atoms with Crippen molar-refractivity contribution in [3.63, 3.8) is 0 Å². The predicted molar refractivity (Wildman–Crippen MR) is 101 cm³/mol. The lowest BCUT2D eigenvalue weighted by Crippen LogP contribution is -2.47. The van der Waals surface area contributed by atoms with Gasteiger partial charge in [0.1, 0.15) is 0 Å². The number of fused-ring (bicyclic) bond motifs is 1. The largest absolute Gasteiger partial charge is 0.454 e. The van der Waals surface area contributed by atoms with Crippen molar-refractivity contribution in [2.75, 3.05) is 38.3 Å². The molecule has 0 spiro atoms. The Hall–Kier alpha value is -2.02. The Labute approximate surface area is 154 Å². The summed E-state index contributed by atoms with van der Waals surface area (Å²) < 4.78 is 10.7. The highest BCUT2D eigenvalue weighted by atomic mass is 32.1. The van der Waals surface area contributed by atoms with Crippen molar-refractivity contribution in [1.29, 1.82) is 0 Å². The predicted octanol–water partition coefficient (Wildman–Crippen LogP) is 2.69. The second-order valence-corrected chi connectivity index (χ2v) is 6.68. The van der Waals surface area contributed by atoms with Gasteiger partial charge in [-0.1, -0.05) is 0 Å². The number of anilines is 1. The standard InChI is InChI=1S/C18H25N3O3S/c1-3-20(4-2)17(22)13-6-5-9-21(11-13)18(25)19-14-7-8-15-16(10-14)24-12-23-15/h7-8,10,13H,3-6,9,11-12H2,1-2H3,(H,19,25). The van der Waals surface area contributed by atoms with Crippen molar-refractivity contribution < 1.29 is 14.3 Å². The van der Waals surface area contributed by atoms with Crippen LogP contribution < -0.4 is 14.8 Å². The fourth-order valence-corrected chi connectivity index (χ4v) is 3.62. The average molecular weight is 363 g/mol. The Morgan fingerprint density at radius 1 is 1.32 bits per heavy atom. The molecule has 3 rings (SSSR count). The molecule has 1 amide bonds. The zero-order valence-electron chi connectivity index (χ0n) is 14.8. The van der Waals surface area contributed by atoms with E-state index in [-0.39, 0.29) is 18.6 Å². The first-order valence-electron chi connectivity index (χ1n) is 8.86. The van der Waals surface area contributed by atoms with Gasteiger partial charge in [-0.3, -0.25) is 4.79 Å². The van der Waals surface area contributed by atoms with E-state index in [1.54, 1.807) is 0 Å². The minimum absolute atomic E-state index is 0.0187. The lowest BCUT2D eigenvalue weighted by molar-refractivity contribution is -0.136. The van der Waals surface area contributed by atoms with E-state index in [9.17, 15) is 4.79 Å². The maximum Gasteiger partial charge on any atom is 0.231 e. The van der Waals surface area contributed by atoms with Crippen LogP contribution in [0.25, 0.3) is 0 Å². The molecule has 1 aromatic carbocycles. The number of likely N-dealkylation sites (tertiary alicyclic amines) is 1. The number of carbonyl (C=O) groups excluding carboxylic acids is 1. The molecule has 1 unspecified atom stereocenters. The number of thiocarbonyl (C=S) groups is 1. The van der Waals surface area contributed by atoms with Crippen LogP contribution in [0.3, 0.4) is 0 Å². The van der Waals surface area contributed by atoms with Crippen molar-refractivity contribution in [1.82, 2.24) is 9.80 Å². The first-order chi connectivity index (χ1) is 12.1. The van der Waals surface area contributed by atoms with Crippen LogP contribution in [-0.4, -0.2) is 53.8 Å². The average Bonchev–Trinajstić information content (AvgIpc) is 3.10. The highest BCUT2D eigenvalue weighted by molar-refractivity contribution is 7.80. The van der Waals surface area contributed by atoms with Crippen LogP contribution >= 0.6 is 12.2 Å². The maximum absolute atomic E-state index is 12.6. The van der Waals surface area contributed by atoms with Crippen LogP contribution in [-0.2, 0) is 4.79 Å². The summed E-state index contributed by atoms with van der Waals surface area (Å²) in [5.41, 5.74) is 0.867. The molecule has 6 nitrogen and oxygen atoms in total. The monoisotopic (exact) mass is 363 g/mol. The summed E-state index contributed by atoms with van der Waals surface area (Å²) in [5.74, 6) is 1.73. The van der Waals surface area contributed by atoms with E-state index in [2.05, 4.69) is 10.2 Å². The smallest absolute Gasteiger partial charge is 0.231 e. The number of carbonyl (C=O) groups is 1. The summed E-state index contributed by atoms with van der Waals surface area (Å²) in [6.45, 7) is 7.35. The van der Waals surface area contributed by atoms with E-state index in [1.807, 2.05) is 36.9 Å². The molecule has 0 radical (unpaired) electrons. The van der Waals surface area contributed by atoms with Crippen molar-refractivity contribution in [2.45, 2.75) is 26.7 Å². The third-order valence-electron chi connectivity index (χ3n) is 4.76. The summed E-state index contributed by atoms with van der Waals surface area (Å²) in [7, 11) is 0. The van der Waals surface area contributed by atoms with Crippen LogP contribution in [0.4, 0.5) is 5.69 Å². The molecular weight excluding hydrogens is 338 g/mol. The zero-order chi connectivity index (χ0) is 17.8. The molecule has 0 saturated carbocycles. The Morgan fingerprint density at radius 2 is 2.08 bits per heavy atom. The molecule has 1 atom stereocenters. The number of hydrogen-bond donors (Lipinski definition) is 1. The molecule has 1 N–H and O–H groups in total. The van der Waals surface area contributed by atoms with Crippen molar-refractivity contribution in [3.05, 3.63) is 18.2 Å². The molecule has 1 saturated heterocycles. The highest BCUT2D eigenvalue weighted by Gasteiger charge is 2.29. The fraction of sp³-hybridized carbons (Fsp3) is 0.556. The molecule has 2 heterocycles. The molecule has 0 aromatic heterocycles. The number of piperidine rings is 1. The van der Waals surface area contributed by atoms with Gasteiger partial charge in [-0.2, -0.15) is 0 Å². The van der Waals surface area contributed by atoms with Crippen LogP contribution in [0.1, 0.15) is 26.7 Å². The van der Waals surface area contributed by atoms with E-state index in [1.165, 1.54) is 0 Å². The van der Waals surface area contributed by atoms with Crippen LogP contribution in [0, 0.1) is 5.92 Å². The van der Waals surface area contributed by atoms with Crippen molar-refractivity contribution in [3.8, 4) is 11.5 Å². The van der Waals surface area contributed by atoms with Gasteiger partial charge < -0.3 is 24.6 Å². The first kappa shape index (κ1) is 17.8. The quantitative estimate of drug-likeness (QED) is 0.830. The Balaban J connectivity index is 1.61. The lowest BCUT2D eigenvalue weighted by atomic mass is 9.96. The highest BCUT2D eigenvalue weighted by Crippen LogP contribution is 2.34. The molecule has 2 aliphatic rings. The third kappa shape index (κ3) is 3.98. The van der Waals surface area contributed by atoms with E-state index in [0.29, 0.717) is 11.7 Å². The second kappa shape index (κ2) is 7.91. The molecule has 1 aromatic rings. The normalized spacial score (nSPS) is 18.8. The first-order valence-corrected chi connectivity index (χ1v) is 9.27. The number of amides is 1. The lowest BCUT2D eigenvalue weighted by Gasteiger charge is -2.36. The van der Waals surface area contributed by atoms with Crippen molar-refractivity contribution >= 4 is 28.9 Å². The van der Waals surface area contributed by atoms with E-state index in [4.69, 9.17) is 21.7 Å². The number of ether oxygens (including phenoxy) is 2. The van der Waals surface area contributed by atoms with Gasteiger partial charge in [-0.05, 0) is 51.0 Å². The molecular formula is C18H25N3O3S. The Kier molecular flexibility index (Phi) is 5.63. The number of benzene rings is 1. The minimum Gasteiger partial charge on any atom is -0.454 e. The van der Waals surface area contributed by atoms with Gasteiger partial charge in [0, 0.05) is 37.9 Å². The summed E-state index contributed by atoms with van der Waals surface area (Å²) >= 11 is 5.56. The number of hydrogen-bond acceptors (Lipinski definition) is 4. The number of nitrogens with one attached hydrogen (secondary N) is 1. The van der Waals surface area contributed by atoms with Gasteiger partial charge in [0.15, 0.2) is 16.6 Å². The topological polar surface area (TPSA) is 54.0 Å². The van der Waals surface area contributed by atoms with E-state index in [0.717, 1.165) is 49.7 Å². The SMILES string of the molecule is CCN(CC)C(=O)C1CCCN(C(=S)Nc2ccc3c(c2)OCO3)C1. The van der Waals surface area contributed by atoms with Gasteiger partial charge in [0.25, 0.3) is 0 Å². The van der Waals surface area contributed by atoms with E-state index < -0.39 is 0 Å². The summed E-state index contributed by atoms with van der Waals surface area (Å²) in [6.07, 6.45) is 1.90. The van der Waals surface area contributed by atoms with Gasteiger partial charge in [-0.25, -0.2) is 0 Å². The van der Waals surface area contributed by atoms with Gasteiger partial charge >= 0.3 is 0 Å². The Bertz CT molecular complexity index is 648. The molecule has 1 fully saturated rings. The van der Waals surface area contributed by atoms with Gasteiger partial charge in [0.2, 0.25) is 12.7 Å². The molecule has 2 aliphatic heterocycles. The number of nitrogens with zero attached hydrogens (tertiary/aromatic N) is 2. The summed E-state index contributed by atoms with van der Waals surface area (Å²) in [6, 6.07) is 5.68. The van der Waals surface area contributed by atoms with Crippen LogP contribution in [0.5, 0.6) is 11.5 Å².